The molecule has 0 radical (unpaired) electrons. The minimum Gasteiger partial charge on any atom is -0.497 e. The van der Waals surface area contributed by atoms with Crippen LogP contribution in [-0.4, -0.2) is 37.2 Å². The highest BCUT2D eigenvalue weighted by Crippen LogP contribution is 2.25. The zero-order chi connectivity index (χ0) is 14.4. The molecule has 0 aliphatic heterocycles. The number of halogens is 1. The van der Waals surface area contributed by atoms with Gasteiger partial charge in [-0.2, -0.15) is 5.10 Å². The van der Waals surface area contributed by atoms with Gasteiger partial charge < -0.3 is 14.8 Å². The first-order valence-corrected chi connectivity index (χ1v) is 6.70. The van der Waals surface area contributed by atoms with Crippen molar-refractivity contribution in [2.45, 2.75) is 6.54 Å². The van der Waals surface area contributed by atoms with E-state index >= 15 is 0 Å². The van der Waals surface area contributed by atoms with Gasteiger partial charge in [-0.05, 0) is 18.2 Å². The highest BCUT2D eigenvalue weighted by Gasteiger charge is 2.07. The Morgan fingerprint density at radius 3 is 2.90 bits per heavy atom. The van der Waals surface area contributed by atoms with Gasteiger partial charge in [0.15, 0.2) is 0 Å². The topological polar surface area (TPSA) is 48.3 Å². The number of rotatable bonds is 7. The molecule has 1 aromatic heterocycles. The van der Waals surface area contributed by atoms with E-state index in [0.29, 0.717) is 18.2 Å². The van der Waals surface area contributed by atoms with E-state index in [4.69, 9.17) is 21.1 Å². The molecule has 0 bridgehead atoms. The molecular formula is C14H18ClN3O2. The number of methoxy groups -OCH3 is 2. The van der Waals surface area contributed by atoms with Crippen LogP contribution < -0.4 is 10.1 Å². The minimum absolute atomic E-state index is 0.632. The fraction of sp³-hybridized carbons (Fsp3) is 0.357. The van der Waals surface area contributed by atoms with Crippen molar-refractivity contribution >= 4 is 11.6 Å². The lowest BCUT2D eigenvalue weighted by Crippen LogP contribution is -2.18. The number of hydrogen-bond donors (Lipinski definition) is 1. The minimum atomic E-state index is 0.632. The molecule has 0 aliphatic carbocycles. The predicted molar refractivity (Wildman–Crippen MR) is 78.7 cm³/mol. The Hall–Kier alpha value is -1.56. The number of aromatic nitrogens is 2. The summed E-state index contributed by atoms with van der Waals surface area (Å²) in [5.74, 6) is 0.750. The summed E-state index contributed by atoms with van der Waals surface area (Å²) in [6, 6.07) is 7.43. The van der Waals surface area contributed by atoms with Gasteiger partial charge in [0.25, 0.3) is 0 Å². The lowest BCUT2D eigenvalue weighted by atomic mass is 10.3. The van der Waals surface area contributed by atoms with Crippen LogP contribution in [0.3, 0.4) is 0 Å². The zero-order valence-electron chi connectivity index (χ0n) is 11.6. The van der Waals surface area contributed by atoms with Crippen LogP contribution >= 0.6 is 11.6 Å². The van der Waals surface area contributed by atoms with Gasteiger partial charge in [-0.25, -0.2) is 4.68 Å². The van der Waals surface area contributed by atoms with Gasteiger partial charge in [0.05, 0.1) is 30.1 Å². The van der Waals surface area contributed by atoms with E-state index in [1.807, 2.05) is 24.4 Å². The first-order chi connectivity index (χ1) is 9.74. The number of nitrogens with one attached hydrogen (secondary N) is 1. The van der Waals surface area contributed by atoms with E-state index in [-0.39, 0.29) is 0 Å². The number of hydrogen-bond acceptors (Lipinski definition) is 4. The van der Waals surface area contributed by atoms with Gasteiger partial charge >= 0.3 is 0 Å². The van der Waals surface area contributed by atoms with E-state index in [2.05, 4.69) is 10.4 Å². The van der Waals surface area contributed by atoms with Gasteiger partial charge in [0.1, 0.15) is 5.75 Å². The summed E-state index contributed by atoms with van der Waals surface area (Å²) in [5, 5.41) is 8.37. The maximum atomic E-state index is 6.19. The second-order valence-electron chi connectivity index (χ2n) is 4.24. The van der Waals surface area contributed by atoms with Crippen molar-refractivity contribution in [1.82, 2.24) is 15.1 Å². The van der Waals surface area contributed by atoms with Gasteiger partial charge in [0.2, 0.25) is 0 Å². The average Bonchev–Trinajstić information content (AvgIpc) is 2.93. The van der Waals surface area contributed by atoms with E-state index in [0.717, 1.165) is 23.7 Å². The molecule has 0 saturated heterocycles. The predicted octanol–water partition coefficient (Wildman–Crippen LogP) is 2.27. The highest BCUT2D eigenvalue weighted by molar-refractivity contribution is 6.32. The third kappa shape index (κ3) is 3.72. The van der Waals surface area contributed by atoms with Crippen LogP contribution in [0.25, 0.3) is 5.69 Å². The summed E-state index contributed by atoms with van der Waals surface area (Å²) in [6.45, 7) is 2.17. The van der Waals surface area contributed by atoms with Crippen molar-refractivity contribution < 1.29 is 9.47 Å². The van der Waals surface area contributed by atoms with E-state index in [1.54, 1.807) is 25.0 Å². The van der Waals surface area contributed by atoms with Crippen LogP contribution in [0.15, 0.2) is 30.5 Å². The normalized spacial score (nSPS) is 10.8. The Balaban J connectivity index is 2.08. The van der Waals surface area contributed by atoms with Crippen molar-refractivity contribution in [2.24, 2.45) is 0 Å². The molecule has 0 unspecified atom stereocenters. The van der Waals surface area contributed by atoms with Crippen LogP contribution in [0.2, 0.25) is 5.02 Å². The molecule has 108 valence electrons. The quantitative estimate of drug-likeness (QED) is 0.796. The molecule has 5 nitrogen and oxygen atoms in total. The molecule has 20 heavy (non-hydrogen) atoms. The zero-order valence-corrected chi connectivity index (χ0v) is 12.4. The van der Waals surface area contributed by atoms with Crippen molar-refractivity contribution in [3.63, 3.8) is 0 Å². The third-order valence-corrected chi connectivity index (χ3v) is 3.15. The molecule has 0 atom stereocenters. The summed E-state index contributed by atoms with van der Waals surface area (Å²) >= 11 is 6.19. The molecule has 0 fully saturated rings. The monoisotopic (exact) mass is 295 g/mol. The molecule has 0 amide bonds. The highest BCUT2D eigenvalue weighted by atomic mass is 35.5. The number of nitrogens with zero attached hydrogens (tertiary/aromatic N) is 2. The van der Waals surface area contributed by atoms with Crippen LogP contribution in [0.4, 0.5) is 0 Å². The average molecular weight is 296 g/mol. The second kappa shape index (κ2) is 7.28. The molecule has 0 spiro atoms. The van der Waals surface area contributed by atoms with Crippen molar-refractivity contribution in [1.29, 1.82) is 0 Å². The van der Waals surface area contributed by atoms with Crippen LogP contribution in [-0.2, 0) is 11.3 Å². The van der Waals surface area contributed by atoms with Gasteiger partial charge in [-0.1, -0.05) is 11.6 Å². The molecule has 6 heteroatoms. The van der Waals surface area contributed by atoms with Gasteiger partial charge in [-0.3, -0.25) is 0 Å². The standard InChI is InChI=1S/C14H18ClN3O2/c1-19-8-6-16-10-11-5-7-18(17-11)14-9-12(20-2)3-4-13(14)15/h3-5,7,9,16H,6,8,10H2,1-2H3. The van der Waals surface area contributed by atoms with E-state index in [9.17, 15) is 0 Å². The Morgan fingerprint density at radius 1 is 1.30 bits per heavy atom. The lowest BCUT2D eigenvalue weighted by molar-refractivity contribution is 0.199. The molecular weight excluding hydrogens is 278 g/mol. The smallest absolute Gasteiger partial charge is 0.121 e. The molecule has 1 aromatic carbocycles. The molecule has 0 saturated carbocycles. The van der Waals surface area contributed by atoms with Gasteiger partial charge in [-0.15, -0.1) is 0 Å². The Morgan fingerprint density at radius 2 is 2.15 bits per heavy atom. The Labute approximate surface area is 123 Å². The van der Waals surface area contributed by atoms with Crippen LogP contribution in [0.5, 0.6) is 5.75 Å². The number of ether oxygens (including phenoxy) is 2. The fourth-order valence-corrected chi connectivity index (χ4v) is 1.98. The summed E-state index contributed by atoms with van der Waals surface area (Å²) in [7, 11) is 3.31. The molecule has 1 heterocycles. The second-order valence-corrected chi connectivity index (χ2v) is 4.65. The van der Waals surface area contributed by atoms with Crippen molar-refractivity contribution in [2.75, 3.05) is 27.4 Å². The van der Waals surface area contributed by atoms with Crippen molar-refractivity contribution in [3.8, 4) is 11.4 Å². The van der Waals surface area contributed by atoms with E-state index in [1.165, 1.54) is 0 Å². The molecule has 2 rings (SSSR count). The molecule has 1 N–H and O–H groups in total. The fourth-order valence-electron chi connectivity index (χ4n) is 1.78. The summed E-state index contributed by atoms with van der Waals surface area (Å²) in [4.78, 5) is 0. The lowest BCUT2D eigenvalue weighted by Gasteiger charge is -2.07. The summed E-state index contributed by atoms with van der Waals surface area (Å²) in [5.41, 5.74) is 1.74. The maximum Gasteiger partial charge on any atom is 0.121 e. The number of benzene rings is 1. The largest absolute Gasteiger partial charge is 0.497 e. The van der Waals surface area contributed by atoms with Crippen LogP contribution in [0, 0.1) is 0 Å². The first-order valence-electron chi connectivity index (χ1n) is 6.32. The summed E-state index contributed by atoms with van der Waals surface area (Å²) < 4.78 is 11.9. The Bertz CT molecular complexity index is 557. The Kier molecular flexibility index (Phi) is 5.40. The third-order valence-electron chi connectivity index (χ3n) is 2.83. The van der Waals surface area contributed by atoms with E-state index < -0.39 is 0 Å². The van der Waals surface area contributed by atoms with Crippen LogP contribution in [0.1, 0.15) is 5.69 Å². The first kappa shape index (κ1) is 14.8. The molecule has 0 aliphatic rings. The summed E-state index contributed by atoms with van der Waals surface area (Å²) in [6.07, 6.45) is 1.88. The molecule has 2 aromatic rings. The SMILES string of the molecule is COCCNCc1ccn(-c2cc(OC)ccc2Cl)n1. The maximum absolute atomic E-state index is 6.19. The van der Waals surface area contributed by atoms with Crippen molar-refractivity contribution in [3.05, 3.63) is 41.2 Å². The van der Waals surface area contributed by atoms with Gasteiger partial charge in [0, 0.05) is 32.5 Å².